The third kappa shape index (κ3) is 2.49. The van der Waals surface area contributed by atoms with Crippen LogP contribution in [0.2, 0.25) is 0 Å². The van der Waals surface area contributed by atoms with Crippen molar-refractivity contribution in [1.82, 2.24) is 4.57 Å². The Morgan fingerprint density at radius 2 is 2.18 bits per heavy atom. The third-order valence-corrected chi connectivity index (χ3v) is 3.04. The summed E-state index contributed by atoms with van der Waals surface area (Å²) in [6.45, 7) is 2.91. The Labute approximate surface area is 101 Å². The van der Waals surface area contributed by atoms with Crippen LogP contribution < -0.4 is 0 Å². The molecule has 0 unspecified atom stereocenters. The molecule has 0 atom stereocenters. The summed E-state index contributed by atoms with van der Waals surface area (Å²) in [6, 6.07) is 8.40. The molecule has 3 nitrogen and oxygen atoms in total. The molecule has 2 rings (SSSR count). The Morgan fingerprint density at radius 3 is 2.88 bits per heavy atom. The number of carboxylic acid groups (broad SMARTS) is 1. The van der Waals surface area contributed by atoms with Gasteiger partial charge in [-0.2, -0.15) is 0 Å². The van der Waals surface area contributed by atoms with Crippen molar-refractivity contribution in [3.05, 3.63) is 36.0 Å². The van der Waals surface area contributed by atoms with Gasteiger partial charge in [0.1, 0.15) is 0 Å². The highest BCUT2D eigenvalue weighted by atomic mass is 16.4. The van der Waals surface area contributed by atoms with Crippen molar-refractivity contribution in [2.45, 2.75) is 32.7 Å². The van der Waals surface area contributed by atoms with Crippen LogP contribution in [-0.4, -0.2) is 15.6 Å². The first-order valence-electron chi connectivity index (χ1n) is 6.01. The van der Waals surface area contributed by atoms with E-state index < -0.39 is 5.97 Å². The highest BCUT2D eigenvalue weighted by molar-refractivity contribution is 5.83. The van der Waals surface area contributed by atoms with Gasteiger partial charge in [-0.05, 0) is 29.9 Å². The summed E-state index contributed by atoms with van der Waals surface area (Å²) in [5, 5.41) is 9.88. The lowest BCUT2D eigenvalue weighted by Crippen LogP contribution is -2.02. The normalized spacial score (nSPS) is 10.9. The van der Waals surface area contributed by atoms with Gasteiger partial charge in [0.2, 0.25) is 0 Å². The van der Waals surface area contributed by atoms with Crippen molar-refractivity contribution in [1.29, 1.82) is 0 Å². The molecular formula is C14H17NO2. The second kappa shape index (κ2) is 5.04. The van der Waals surface area contributed by atoms with Gasteiger partial charge in [-0.25, -0.2) is 0 Å². The van der Waals surface area contributed by atoms with E-state index in [1.165, 1.54) is 16.5 Å². The van der Waals surface area contributed by atoms with Crippen molar-refractivity contribution in [2.24, 2.45) is 0 Å². The van der Waals surface area contributed by atoms with Crippen LogP contribution in [0.3, 0.4) is 0 Å². The summed E-state index contributed by atoms with van der Waals surface area (Å²) in [6.07, 6.45) is 3.96. The Balaban J connectivity index is 2.25. The molecule has 1 aromatic carbocycles. The molecule has 0 amide bonds. The molecule has 0 aliphatic rings. The van der Waals surface area contributed by atoms with Gasteiger partial charge in [-0.3, -0.25) is 4.79 Å². The maximum absolute atomic E-state index is 10.5. The molecule has 0 fully saturated rings. The van der Waals surface area contributed by atoms with Crippen molar-refractivity contribution >= 4 is 16.9 Å². The molecule has 0 aliphatic heterocycles. The summed E-state index contributed by atoms with van der Waals surface area (Å²) < 4.78 is 2.16. The van der Waals surface area contributed by atoms with E-state index >= 15 is 0 Å². The SMILES string of the molecule is CCc1cccc2ccn(CCCC(=O)O)c12. The predicted octanol–water partition coefficient (Wildman–Crippen LogP) is 3.07. The monoisotopic (exact) mass is 231 g/mol. The molecule has 1 heterocycles. The third-order valence-electron chi connectivity index (χ3n) is 3.04. The van der Waals surface area contributed by atoms with Crippen LogP contribution in [-0.2, 0) is 17.8 Å². The molecule has 90 valence electrons. The van der Waals surface area contributed by atoms with Crippen LogP contribution in [0.1, 0.15) is 25.3 Å². The zero-order valence-corrected chi connectivity index (χ0v) is 10.0. The van der Waals surface area contributed by atoms with Crippen LogP contribution in [0.5, 0.6) is 0 Å². The van der Waals surface area contributed by atoms with Gasteiger partial charge >= 0.3 is 5.97 Å². The Morgan fingerprint density at radius 1 is 1.35 bits per heavy atom. The number of carboxylic acids is 1. The first-order chi connectivity index (χ1) is 8.22. The average molecular weight is 231 g/mol. The number of aliphatic carboxylic acids is 1. The van der Waals surface area contributed by atoms with Crippen molar-refractivity contribution < 1.29 is 9.90 Å². The summed E-state index contributed by atoms with van der Waals surface area (Å²) >= 11 is 0. The van der Waals surface area contributed by atoms with Crippen LogP contribution in [0.15, 0.2) is 30.5 Å². The minimum absolute atomic E-state index is 0.230. The number of hydrogen-bond acceptors (Lipinski definition) is 1. The summed E-state index contributed by atoms with van der Waals surface area (Å²) in [5.41, 5.74) is 2.57. The molecule has 0 aliphatic carbocycles. The number of carbonyl (C=O) groups is 1. The van der Waals surface area contributed by atoms with E-state index in [0.717, 1.165) is 13.0 Å². The minimum Gasteiger partial charge on any atom is -0.481 e. The quantitative estimate of drug-likeness (QED) is 0.859. The number of benzene rings is 1. The number of nitrogens with zero attached hydrogens (tertiary/aromatic N) is 1. The maximum atomic E-state index is 10.5. The molecule has 1 aromatic heterocycles. The lowest BCUT2D eigenvalue weighted by atomic mass is 10.1. The van der Waals surface area contributed by atoms with Crippen LogP contribution >= 0.6 is 0 Å². The van der Waals surface area contributed by atoms with Gasteiger partial charge in [0.15, 0.2) is 0 Å². The summed E-state index contributed by atoms with van der Waals surface area (Å²) in [7, 11) is 0. The van der Waals surface area contributed by atoms with Crippen molar-refractivity contribution in [3.8, 4) is 0 Å². The van der Waals surface area contributed by atoms with E-state index in [2.05, 4.69) is 35.8 Å². The van der Waals surface area contributed by atoms with Crippen LogP contribution in [0.25, 0.3) is 10.9 Å². The molecule has 0 saturated heterocycles. The van der Waals surface area contributed by atoms with Gasteiger partial charge < -0.3 is 9.67 Å². The van der Waals surface area contributed by atoms with Gasteiger partial charge in [0, 0.05) is 19.2 Å². The van der Waals surface area contributed by atoms with Gasteiger partial charge in [-0.15, -0.1) is 0 Å². The first kappa shape index (κ1) is 11.7. The van der Waals surface area contributed by atoms with E-state index in [0.29, 0.717) is 6.42 Å². The van der Waals surface area contributed by atoms with E-state index in [1.54, 1.807) is 0 Å². The maximum Gasteiger partial charge on any atom is 0.303 e. The van der Waals surface area contributed by atoms with E-state index in [9.17, 15) is 4.79 Å². The van der Waals surface area contributed by atoms with Crippen LogP contribution in [0, 0.1) is 0 Å². The molecular weight excluding hydrogens is 214 g/mol. The number of fused-ring (bicyclic) bond motifs is 1. The highest BCUT2D eigenvalue weighted by Crippen LogP contribution is 2.21. The lowest BCUT2D eigenvalue weighted by Gasteiger charge is -2.07. The van der Waals surface area contributed by atoms with E-state index in [1.807, 2.05) is 6.20 Å². The minimum atomic E-state index is -0.725. The standard InChI is InChI=1S/C14H17NO2/c1-2-11-5-3-6-12-8-10-15(14(11)12)9-4-7-13(16)17/h3,5-6,8,10H,2,4,7,9H2,1H3,(H,16,17). The highest BCUT2D eigenvalue weighted by Gasteiger charge is 2.05. The Kier molecular flexibility index (Phi) is 3.47. The molecule has 0 bridgehead atoms. The van der Waals surface area contributed by atoms with Crippen LogP contribution in [0.4, 0.5) is 0 Å². The fourth-order valence-electron chi connectivity index (χ4n) is 2.21. The summed E-state index contributed by atoms with van der Waals surface area (Å²) in [5.74, 6) is -0.725. The fraction of sp³-hybridized carbons (Fsp3) is 0.357. The molecule has 2 aromatic rings. The summed E-state index contributed by atoms with van der Waals surface area (Å²) in [4.78, 5) is 10.5. The van der Waals surface area contributed by atoms with Crippen molar-refractivity contribution in [2.75, 3.05) is 0 Å². The molecule has 0 radical (unpaired) electrons. The smallest absolute Gasteiger partial charge is 0.303 e. The Hall–Kier alpha value is -1.77. The molecule has 0 spiro atoms. The number of aryl methyl sites for hydroxylation is 2. The van der Waals surface area contributed by atoms with Gasteiger partial charge in [0.25, 0.3) is 0 Å². The zero-order valence-electron chi connectivity index (χ0n) is 10.0. The van der Waals surface area contributed by atoms with Gasteiger partial charge in [-0.1, -0.05) is 25.1 Å². The lowest BCUT2D eigenvalue weighted by molar-refractivity contribution is -0.137. The van der Waals surface area contributed by atoms with E-state index in [4.69, 9.17) is 5.11 Å². The van der Waals surface area contributed by atoms with Crippen molar-refractivity contribution in [3.63, 3.8) is 0 Å². The second-order valence-corrected chi connectivity index (χ2v) is 4.21. The number of hydrogen-bond donors (Lipinski definition) is 1. The fourth-order valence-corrected chi connectivity index (χ4v) is 2.21. The second-order valence-electron chi connectivity index (χ2n) is 4.21. The Bertz CT molecular complexity index is 528. The molecule has 3 heteroatoms. The average Bonchev–Trinajstić information content (AvgIpc) is 2.72. The topological polar surface area (TPSA) is 42.2 Å². The van der Waals surface area contributed by atoms with Gasteiger partial charge in [0.05, 0.1) is 5.52 Å². The molecule has 17 heavy (non-hydrogen) atoms. The molecule has 0 saturated carbocycles. The number of para-hydroxylation sites is 1. The predicted molar refractivity (Wildman–Crippen MR) is 68.2 cm³/mol. The molecule has 1 N–H and O–H groups in total. The van der Waals surface area contributed by atoms with E-state index in [-0.39, 0.29) is 6.42 Å². The number of rotatable bonds is 5. The largest absolute Gasteiger partial charge is 0.481 e. The zero-order chi connectivity index (χ0) is 12.3. The number of aromatic nitrogens is 1. The first-order valence-corrected chi connectivity index (χ1v) is 6.01.